The van der Waals surface area contributed by atoms with Crippen LogP contribution in [0.5, 0.6) is 0 Å². The second-order valence-electron chi connectivity index (χ2n) is 3.86. The molecule has 0 saturated heterocycles. The Bertz CT molecular complexity index is 511. The number of benzene rings is 1. The highest BCUT2D eigenvalue weighted by molar-refractivity contribution is 7.98. The third kappa shape index (κ3) is 3.89. The Morgan fingerprint density at radius 2 is 1.72 bits per heavy atom. The van der Waals surface area contributed by atoms with Crippen LogP contribution in [0, 0.1) is 0 Å². The average Bonchev–Trinajstić information content (AvgIpc) is 2.38. The zero-order valence-electron chi connectivity index (χ0n) is 9.74. The van der Waals surface area contributed by atoms with Crippen molar-refractivity contribution in [1.82, 2.24) is 4.98 Å². The van der Waals surface area contributed by atoms with Gasteiger partial charge in [-0.25, -0.2) is 0 Å². The van der Waals surface area contributed by atoms with E-state index in [0.29, 0.717) is 0 Å². The van der Waals surface area contributed by atoms with Crippen LogP contribution in [0.4, 0.5) is 0 Å². The smallest absolute Gasteiger partial charge is 0.307 e. The maximum Gasteiger partial charge on any atom is 0.307 e. The Morgan fingerprint density at radius 1 is 1.06 bits per heavy atom. The number of pyridine rings is 1. The van der Waals surface area contributed by atoms with Gasteiger partial charge in [0.15, 0.2) is 0 Å². The third-order valence-electron chi connectivity index (χ3n) is 2.43. The van der Waals surface area contributed by atoms with E-state index in [4.69, 9.17) is 5.11 Å². The molecule has 1 heterocycles. The molecule has 0 aliphatic rings. The first-order valence-corrected chi connectivity index (χ1v) is 6.55. The van der Waals surface area contributed by atoms with E-state index in [0.717, 1.165) is 16.2 Å². The number of hydrogen-bond donors (Lipinski definition) is 1. The maximum atomic E-state index is 10.6. The summed E-state index contributed by atoms with van der Waals surface area (Å²) < 4.78 is 0. The highest BCUT2D eigenvalue weighted by atomic mass is 32.2. The normalized spacial score (nSPS) is 10.2. The first-order valence-electron chi connectivity index (χ1n) is 5.56. The Hall–Kier alpha value is -1.81. The van der Waals surface area contributed by atoms with Gasteiger partial charge < -0.3 is 5.11 Å². The van der Waals surface area contributed by atoms with Crippen molar-refractivity contribution in [2.24, 2.45) is 0 Å². The fourth-order valence-corrected chi connectivity index (χ4v) is 2.38. The van der Waals surface area contributed by atoms with Crippen LogP contribution < -0.4 is 0 Å². The van der Waals surface area contributed by atoms with E-state index >= 15 is 0 Å². The van der Waals surface area contributed by atoms with E-state index in [9.17, 15) is 4.79 Å². The Kier molecular flexibility index (Phi) is 4.36. The molecular formula is C14H13NO2S. The second-order valence-corrected chi connectivity index (χ2v) is 4.91. The van der Waals surface area contributed by atoms with Gasteiger partial charge in [-0.15, -0.1) is 11.8 Å². The molecule has 3 nitrogen and oxygen atoms in total. The predicted molar refractivity (Wildman–Crippen MR) is 71.6 cm³/mol. The van der Waals surface area contributed by atoms with Gasteiger partial charge in [0.05, 0.1) is 6.42 Å². The fraction of sp³-hybridized carbons (Fsp3) is 0.143. The standard InChI is InChI=1S/C14H13NO2S/c16-14(17)9-11-1-3-13(4-2-11)18-10-12-5-7-15-8-6-12/h1-8H,9-10H2,(H,16,17). The van der Waals surface area contributed by atoms with Crippen molar-refractivity contribution in [2.45, 2.75) is 17.1 Å². The Labute approximate surface area is 110 Å². The number of thioether (sulfide) groups is 1. The topological polar surface area (TPSA) is 50.2 Å². The molecule has 92 valence electrons. The molecule has 0 saturated carbocycles. The summed E-state index contributed by atoms with van der Waals surface area (Å²) in [6.45, 7) is 0. The largest absolute Gasteiger partial charge is 0.481 e. The molecule has 0 unspecified atom stereocenters. The van der Waals surface area contributed by atoms with Gasteiger partial charge in [-0.3, -0.25) is 9.78 Å². The van der Waals surface area contributed by atoms with Gasteiger partial charge in [0.25, 0.3) is 0 Å². The molecule has 0 bridgehead atoms. The van der Waals surface area contributed by atoms with Gasteiger partial charge in [-0.1, -0.05) is 12.1 Å². The molecule has 2 rings (SSSR count). The summed E-state index contributed by atoms with van der Waals surface area (Å²) >= 11 is 1.73. The summed E-state index contributed by atoms with van der Waals surface area (Å²) in [6, 6.07) is 11.6. The number of carbonyl (C=O) groups is 1. The van der Waals surface area contributed by atoms with Crippen LogP contribution in [0.2, 0.25) is 0 Å². The lowest BCUT2D eigenvalue weighted by atomic mass is 10.2. The number of hydrogen-bond acceptors (Lipinski definition) is 3. The molecule has 0 fully saturated rings. The van der Waals surface area contributed by atoms with Gasteiger partial charge >= 0.3 is 5.97 Å². The summed E-state index contributed by atoms with van der Waals surface area (Å²) in [5.41, 5.74) is 2.06. The van der Waals surface area contributed by atoms with Crippen LogP contribution in [0.3, 0.4) is 0 Å². The molecule has 1 aromatic heterocycles. The van der Waals surface area contributed by atoms with Crippen molar-refractivity contribution >= 4 is 17.7 Å². The van der Waals surface area contributed by atoms with Crippen LogP contribution in [0.1, 0.15) is 11.1 Å². The number of aromatic nitrogens is 1. The summed E-state index contributed by atoms with van der Waals surface area (Å²) in [5, 5.41) is 8.68. The van der Waals surface area contributed by atoms with Crippen molar-refractivity contribution in [3.63, 3.8) is 0 Å². The van der Waals surface area contributed by atoms with Gasteiger partial charge in [-0.05, 0) is 35.4 Å². The van der Waals surface area contributed by atoms with E-state index in [1.807, 2.05) is 36.4 Å². The van der Waals surface area contributed by atoms with E-state index in [1.54, 1.807) is 24.2 Å². The molecular weight excluding hydrogens is 246 g/mol. The van der Waals surface area contributed by atoms with Crippen molar-refractivity contribution in [2.75, 3.05) is 0 Å². The Morgan fingerprint density at radius 3 is 2.33 bits per heavy atom. The first kappa shape index (κ1) is 12.6. The fourth-order valence-electron chi connectivity index (χ4n) is 1.52. The van der Waals surface area contributed by atoms with Crippen LogP contribution >= 0.6 is 11.8 Å². The molecule has 4 heteroatoms. The lowest BCUT2D eigenvalue weighted by Gasteiger charge is -2.03. The highest BCUT2D eigenvalue weighted by Gasteiger charge is 2.01. The molecule has 18 heavy (non-hydrogen) atoms. The zero-order chi connectivity index (χ0) is 12.8. The van der Waals surface area contributed by atoms with Crippen LogP contribution in [0.15, 0.2) is 53.7 Å². The number of aliphatic carboxylic acids is 1. The van der Waals surface area contributed by atoms with E-state index in [-0.39, 0.29) is 6.42 Å². The molecule has 0 aliphatic heterocycles. The van der Waals surface area contributed by atoms with Gasteiger partial charge in [0.1, 0.15) is 0 Å². The summed E-state index contributed by atoms with van der Waals surface area (Å²) in [6.07, 6.45) is 3.65. The van der Waals surface area contributed by atoms with Gasteiger partial charge in [0, 0.05) is 23.0 Å². The molecule has 0 amide bonds. The predicted octanol–water partition coefficient (Wildman–Crippen LogP) is 3.00. The van der Waals surface area contributed by atoms with Crippen LogP contribution in [-0.2, 0) is 17.0 Å². The summed E-state index contributed by atoms with van der Waals surface area (Å²) in [5.74, 6) is 0.0908. The van der Waals surface area contributed by atoms with Gasteiger partial charge in [0.2, 0.25) is 0 Å². The number of nitrogens with zero attached hydrogens (tertiary/aromatic N) is 1. The minimum atomic E-state index is -0.799. The number of carboxylic acids is 1. The van der Waals surface area contributed by atoms with E-state index in [2.05, 4.69) is 4.98 Å². The van der Waals surface area contributed by atoms with Crippen LogP contribution in [0.25, 0.3) is 0 Å². The molecule has 0 aliphatic carbocycles. The van der Waals surface area contributed by atoms with E-state index < -0.39 is 5.97 Å². The molecule has 2 aromatic rings. The number of carboxylic acid groups (broad SMARTS) is 1. The van der Waals surface area contributed by atoms with Crippen molar-refractivity contribution in [3.8, 4) is 0 Å². The molecule has 1 aromatic carbocycles. The molecule has 0 atom stereocenters. The van der Waals surface area contributed by atoms with E-state index in [1.165, 1.54) is 5.56 Å². The molecule has 0 radical (unpaired) electrons. The third-order valence-corrected chi connectivity index (χ3v) is 3.52. The minimum absolute atomic E-state index is 0.0787. The van der Waals surface area contributed by atoms with Crippen molar-refractivity contribution in [3.05, 3.63) is 59.9 Å². The lowest BCUT2D eigenvalue weighted by molar-refractivity contribution is -0.136. The van der Waals surface area contributed by atoms with Crippen molar-refractivity contribution in [1.29, 1.82) is 0 Å². The molecule has 1 N–H and O–H groups in total. The minimum Gasteiger partial charge on any atom is -0.481 e. The monoisotopic (exact) mass is 259 g/mol. The summed E-state index contributed by atoms with van der Waals surface area (Å²) in [7, 11) is 0. The van der Waals surface area contributed by atoms with Crippen molar-refractivity contribution < 1.29 is 9.90 Å². The molecule has 0 spiro atoms. The van der Waals surface area contributed by atoms with Crippen LogP contribution in [-0.4, -0.2) is 16.1 Å². The first-order chi connectivity index (χ1) is 8.74. The Balaban J connectivity index is 1.92. The highest BCUT2D eigenvalue weighted by Crippen LogP contribution is 2.22. The number of rotatable bonds is 5. The zero-order valence-corrected chi connectivity index (χ0v) is 10.6. The lowest BCUT2D eigenvalue weighted by Crippen LogP contribution is -1.99. The quantitative estimate of drug-likeness (QED) is 0.839. The average molecular weight is 259 g/mol. The SMILES string of the molecule is O=C(O)Cc1ccc(SCc2ccncc2)cc1. The van der Waals surface area contributed by atoms with Gasteiger partial charge in [-0.2, -0.15) is 0 Å². The maximum absolute atomic E-state index is 10.6. The second kappa shape index (κ2) is 6.21. The summed E-state index contributed by atoms with van der Waals surface area (Å²) in [4.78, 5) is 15.7.